The third-order valence-electron chi connectivity index (χ3n) is 5.45. The largest absolute Gasteiger partial charge is 0.0815 e. The van der Waals surface area contributed by atoms with E-state index >= 15 is 0 Å². The Morgan fingerprint density at radius 1 is 1.47 bits per heavy atom. The van der Waals surface area contributed by atoms with Crippen LogP contribution in [0, 0.1) is 35.5 Å². The zero-order chi connectivity index (χ0) is 10.7. The van der Waals surface area contributed by atoms with E-state index < -0.39 is 0 Å². The van der Waals surface area contributed by atoms with Crippen LogP contribution in [0.3, 0.4) is 0 Å². The average molecular weight is 316 g/mol. The van der Waals surface area contributed by atoms with Gasteiger partial charge in [0.25, 0.3) is 0 Å². The van der Waals surface area contributed by atoms with Crippen LogP contribution in [0.15, 0.2) is 11.1 Å². The van der Waals surface area contributed by atoms with Crippen LogP contribution >= 0.6 is 22.6 Å². The molecule has 3 rings (SSSR count). The van der Waals surface area contributed by atoms with Gasteiger partial charge in [0.1, 0.15) is 0 Å². The predicted octanol–water partition coefficient (Wildman–Crippen LogP) is 4.30. The van der Waals surface area contributed by atoms with Crippen molar-refractivity contribution in [3.05, 3.63) is 11.1 Å². The van der Waals surface area contributed by atoms with Gasteiger partial charge in [-0.1, -0.05) is 60.9 Å². The van der Waals surface area contributed by atoms with Gasteiger partial charge in [0.05, 0.1) is 0 Å². The van der Waals surface area contributed by atoms with Crippen molar-refractivity contribution in [1.82, 2.24) is 0 Å². The molecule has 0 radical (unpaired) electrons. The molecule has 3 aliphatic rings. The van der Waals surface area contributed by atoms with E-state index in [1.165, 1.54) is 17.3 Å². The third kappa shape index (κ3) is 1.25. The van der Waals surface area contributed by atoms with E-state index in [2.05, 4.69) is 43.4 Å². The molecule has 2 saturated carbocycles. The Bertz CT molecular complexity index is 317. The molecule has 15 heavy (non-hydrogen) atoms. The van der Waals surface area contributed by atoms with Crippen LogP contribution in [-0.4, -0.2) is 4.43 Å². The van der Waals surface area contributed by atoms with Gasteiger partial charge in [-0.05, 0) is 41.9 Å². The minimum absolute atomic E-state index is 0.959. The molecule has 0 N–H and O–H groups in total. The Balaban J connectivity index is 1.88. The molecule has 0 saturated heterocycles. The van der Waals surface area contributed by atoms with E-state index in [1.54, 1.807) is 0 Å². The smallest absolute Gasteiger partial charge is 0.0209 e. The fourth-order valence-corrected chi connectivity index (χ4v) is 5.22. The number of halogens is 1. The second kappa shape index (κ2) is 3.48. The first-order chi connectivity index (χ1) is 7.20. The van der Waals surface area contributed by atoms with Crippen molar-refractivity contribution in [3.63, 3.8) is 0 Å². The molecule has 0 aromatic carbocycles. The maximum absolute atomic E-state index is 2.55. The Morgan fingerprint density at radius 3 is 2.80 bits per heavy atom. The molecule has 0 amide bonds. The molecule has 6 unspecified atom stereocenters. The summed E-state index contributed by atoms with van der Waals surface area (Å²) in [6, 6.07) is 0. The van der Waals surface area contributed by atoms with Gasteiger partial charge in [0.15, 0.2) is 0 Å². The summed E-state index contributed by atoms with van der Waals surface area (Å²) in [5.41, 5.74) is 3.76. The zero-order valence-electron chi connectivity index (χ0n) is 9.96. The topological polar surface area (TPSA) is 0 Å². The summed E-state index contributed by atoms with van der Waals surface area (Å²) >= 11 is 2.55. The molecule has 2 fully saturated rings. The molecule has 1 heteroatoms. The molecule has 84 valence electrons. The van der Waals surface area contributed by atoms with Crippen molar-refractivity contribution >= 4 is 22.6 Å². The van der Waals surface area contributed by atoms with Crippen molar-refractivity contribution in [2.45, 2.75) is 33.6 Å². The van der Waals surface area contributed by atoms with E-state index in [1.807, 2.05) is 11.1 Å². The van der Waals surface area contributed by atoms with Gasteiger partial charge in [-0.15, -0.1) is 0 Å². The van der Waals surface area contributed by atoms with Crippen LogP contribution < -0.4 is 0 Å². The molecule has 0 aliphatic heterocycles. The number of hydrogen-bond donors (Lipinski definition) is 0. The summed E-state index contributed by atoms with van der Waals surface area (Å²) in [4.78, 5) is 0. The summed E-state index contributed by atoms with van der Waals surface area (Å²) in [5.74, 6) is 6.18. The summed E-state index contributed by atoms with van der Waals surface area (Å²) in [7, 11) is 0. The highest BCUT2D eigenvalue weighted by Gasteiger charge is 2.65. The van der Waals surface area contributed by atoms with Gasteiger partial charge in [0, 0.05) is 4.43 Å². The summed E-state index contributed by atoms with van der Waals surface area (Å²) in [6.07, 6.45) is 2.83. The second-order valence-corrected chi connectivity index (χ2v) is 6.69. The lowest BCUT2D eigenvalue weighted by atomic mass is 9.68. The summed E-state index contributed by atoms with van der Waals surface area (Å²) in [5, 5.41) is 0. The molecule has 0 bridgehead atoms. The molecule has 0 spiro atoms. The van der Waals surface area contributed by atoms with Gasteiger partial charge in [-0.3, -0.25) is 0 Å². The van der Waals surface area contributed by atoms with Crippen molar-refractivity contribution in [2.75, 3.05) is 4.43 Å². The zero-order valence-corrected chi connectivity index (χ0v) is 12.1. The number of fused-ring (bicyclic) bond motifs is 3. The Labute approximate surface area is 107 Å². The minimum Gasteiger partial charge on any atom is -0.0815 e. The number of rotatable bonds is 3. The minimum atomic E-state index is 0.959. The average Bonchev–Trinajstić information content (AvgIpc) is 2.71. The normalized spacial score (nSPS) is 48.4. The van der Waals surface area contributed by atoms with Gasteiger partial charge in [-0.2, -0.15) is 0 Å². The monoisotopic (exact) mass is 316 g/mol. The molecule has 0 aromatic rings. The van der Waals surface area contributed by atoms with Crippen LogP contribution in [0.1, 0.15) is 33.6 Å². The highest BCUT2D eigenvalue weighted by Crippen LogP contribution is 2.72. The molecule has 6 atom stereocenters. The fourth-order valence-electron chi connectivity index (χ4n) is 4.47. The first-order valence-electron chi connectivity index (χ1n) is 6.48. The van der Waals surface area contributed by atoms with Crippen molar-refractivity contribution in [2.24, 2.45) is 35.5 Å². The number of allylic oxidation sites excluding steroid dienone is 2. The maximum atomic E-state index is 2.55. The highest BCUT2D eigenvalue weighted by atomic mass is 127. The van der Waals surface area contributed by atoms with Crippen LogP contribution in [0.4, 0.5) is 0 Å². The SMILES string of the molecule is CCC(C)C1C2CC(CI)=C2C2C(C)C21. The van der Waals surface area contributed by atoms with E-state index in [0.29, 0.717) is 0 Å². The van der Waals surface area contributed by atoms with Crippen LogP contribution in [-0.2, 0) is 0 Å². The van der Waals surface area contributed by atoms with E-state index in [0.717, 1.165) is 35.5 Å². The summed E-state index contributed by atoms with van der Waals surface area (Å²) < 4.78 is 1.30. The van der Waals surface area contributed by atoms with E-state index in [-0.39, 0.29) is 0 Å². The molecule has 0 aromatic heterocycles. The van der Waals surface area contributed by atoms with Gasteiger partial charge >= 0.3 is 0 Å². The van der Waals surface area contributed by atoms with Gasteiger partial charge in [-0.25, -0.2) is 0 Å². The lowest BCUT2D eigenvalue weighted by molar-refractivity contribution is 0.226. The number of hydrogen-bond acceptors (Lipinski definition) is 0. The lowest BCUT2D eigenvalue weighted by Crippen LogP contribution is -2.29. The van der Waals surface area contributed by atoms with Gasteiger partial charge < -0.3 is 0 Å². The maximum Gasteiger partial charge on any atom is 0.0209 e. The fraction of sp³-hybridized carbons (Fsp3) is 0.857. The first-order valence-corrected chi connectivity index (χ1v) is 8.01. The van der Waals surface area contributed by atoms with Crippen LogP contribution in [0.25, 0.3) is 0 Å². The quantitative estimate of drug-likeness (QED) is 0.414. The Hall–Kier alpha value is 0.470. The number of alkyl halides is 1. The lowest BCUT2D eigenvalue weighted by Gasteiger charge is -2.38. The summed E-state index contributed by atoms with van der Waals surface area (Å²) in [6.45, 7) is 7.33. The highest BCUT2D eigenvalue weighted by molar-refractivity contribution is 14.1. The van der Waals surface area contributed by atoms with Crippen LogP contribution in [0.2, 0.25) is 0 Å². The van der Waals surface area contributed by atoms with E-state index in [4.69, 9.17) is 0 Å². The van der Waals surface area contributed by atoms with Crippen molar-refractivity contribution in [1.29, 1.82) is 0 Å². The molecule has 3 aliphatic carbocycles. The molecule has 0 heterocycles. The molecular formula is C14H21I. The predicted molar refractivity (Wildman–Crippen MR) is 73.1 cm³/mol. The van der Waals surface area contributed by atoms with Crippen molar-refractivity contribution < 1.29 is 0 Å². The van der Waals surface area contributed by atoms with Gasteiger partial charge in [0.2, 0.25) is 0 Å². The first kappa shape index (κ1) is 10.6. The molecular weight excluding hydrogens is 295 g/mol. The second-order valence-electron chi connectivity index (χ2n) is 5.93. The van der Waals surface area contributed by atoms with E-state index in [9.17, 15) is 0 Å². The Morgan fingerprint density at radius 2 is 2.20 bits per heavy atom. The third-order valence-corrected chi connectivity index (χ3v) is 6.37. The molecule has 0 nitrogen and oxygen atoms in total. The standard InChI is InChI=1S/C14H21I/c1-4-7(2)11-10-5-9(6-15)14(10)13-8(3)12(11)13/h7-8,10-13H,4-6H2,1-3H3. The van der Waals surface area contributed by atoms with Crippen molar-refractivity contribution in [3.8, 4) is 0 Å². The van der Waals surface area contributed by atoms with Crippen LogP contribution in [0.5, 0.6) is 0 Å². The Kier molecular flexibility index (Phi) is 2.46.